The van der Waals surface area contributed by atoms with Gasteiger partial charge in [-0.3, -0.25) is 0 Å². The van der Waals surface area contributed by atoms with Gasteiger partial charge in [0.2, 0.25) is 0 Å². The Hall–Kier alpha value is -1.38. The average molecular weight is 279 g/mol. The Labute approximate surface area is 113 Å². The van der Waals surface area contributed by atoms with Crippen LogP contribution in [0.3, 0.4) is 0 Å². The number of nitrogens with zero attached hydrogens (tertiary/aromatic N) is 1. The molecule has 0 aromatic heterocycles. The van der Waals surface area contributed by atoms with Crippen molar-refractivity contribution in [1.82, 2.24) is 0 Å². The van der Waals surface area contributed by atoms with E-state index in [4.69, 9.17) is 0 Å². The first-order chi connectivity index (χ1) is 8.90. The van der Waals surface area contributed by atoms with Crippen LogP contribution in [0.1, 0.15) is 24.0 Å². The molecule has 2 rings (SSSR count). The summed E-state index contributed by atoms with van der Waals surface area (Å²) in [6.45, 7) is 1.61. The standard InChI is InChI=1S/C14H17NO3S/c1-3-10-4-6-11(7-5-10)12-13(19(2,17)18)14(12,8-15)9-16/h4-7,12-13,16H,3,9H2,1-2H3/t12-,13-,14-/m0/s1. The third kappa shape index (κ3) is 2.15. The van der Waals surface area contributed by atoms with Crippen molar-refractivity contribution in [1.29, 1.82) is 5.26 Å². The number of aliphatic hydroxyl groups is 1. The number of aryl methyl sites for hydroxylation is 1. The van der Waals surface area contributed by atoms with Crippen LogP contribution in [0.4, 0.5) is 0 Å². The molecule has 1 fully saturated rings. The molecule has 0 aliphatic heterocycles. The van der Waals surface area contributed by atoms with Crippen LogP contribution in [0.5, 0.6) is 0 Å². The molecule has 0 spiro atoms. The second-order valence-electron chi connectivity index (χ2n) is 5.13. The van der Waals surface area contributed by atoms with Crippen LogP contribution < -0.4 is 0 Å². The van der Waals surface area contributed by atoms with E-state index in [1.807, 2.05) is 37.3 Å². The van der Waals surface area contributed by atoms with Crippen molar-refractivity contribution in [3.8, 4) is 6.07 Å². The molecule has 1 saturated carbocycles. The minimum absolute atomic E-state index is 0.427. The molecule has 1 aliphatic carbocycles. The van der Waals surface area contributed by atoms with E-state index in [0.29, 0.717) is 0 Å². The lowest BCUT2D eigenvalue weighted by Crippen LogP contribution is -2.16. The van der Waals surface area contributed by atoms with E-state index in [1.54, 1.807) is 0 Å². The van der Waals surface area contributed by atoms with Crippen molar-refractivity contribution in [2.75, 3.05) is 12.9 Å². The second-order valence-corrected chi connectivity index (χ2v) is 7.30. The summed E-state index contributed by atoms with van der Waals surface area (Å²) in [6, 6.07) is 9.60. The van der Waals surface area contributed by atoms with Crippen molar-refractivity contribution in [3.63, 3.8) is 0 Å². The Morgan fingerprint density at radius 1 is 1.37 bits per heavy atom. The molecular weight excluding hydrogens is 262 g/mol. The molecule has 0 bridgehead atoms. The van der Waals surface area contributed by atoms with E-state index >= 15 is 0 Å². The highest BCUT2D eigenvalue weighted by Gasteiger charge is 2.70. The summed E-state index contributed by atoms with van der Waals surface area (Å²) in [5.41, 5.74) is 0.788. The highest BCUT2D eigenvalue weighted by Crippen LogP contribution is 2.62. The summed E-state index contributed by atoms with van der Waals surface area (Å²) in [6.07, 6.45) is 2.03. The highest BCUT2D eigenvalue weighted by molar-refractivity contribution is 7.91. The Balaban J connectivity index is 2.41. The molecule has 19 heavy (non-hydrogen) atoms. The highest BCUT2D eigenvalue weighted by atomic mass is 32.2. The predicted molar refractivity (Wildman–Crippen MR) is 72.3 cm³/mol. The zero-order valence-electron chi connectivity index (χ0n) is 11.0. The molecule has 0 saturated heterocycles. The minimum Gasteiger partial charge on any atom is -0.395 e. The van der Waals surface area contributed by atoms with Gasteiger partial charge in [-0.15, -0.1) is 0 Å². The van der Waals surface area contributed by atoms with Crippen LogP contribution in [0.15, 0.2) is 24.3 Å². The van der Waals surface area contributed by atoms with Gasteiger partial charge >= 0.3 is 0 Å². The molecule has 102 valence electrons. The summed E-state index contributed by atoms with van der Waals surface area (Å²) in [5.74, 6) is -0.427. The lowest BCUT2D eigenvalue weighted by atomic mass is 10.00. The molecule has 4 nitrogen and oxygen atoms in total. The van der Waals surface area contributed by atoms with Crippen LogP contribution in [-0.4, -0.2) is 31.6 Å². The predicted octanol–water partition coefficient (Wildman–Crippen LogP) is 1.26. The van der Waals surface area contributed by atoms with E-state index in [2.05, 4.69) is 0 Å². The monoisotopic (exact) mass is 279 g/mol. The summed E-state index contributed by atoms with van der Waals surface area (Å²) in [7, 11) is -3.36. The van der Waals surface area contributed by atoms with Gasteiger partial charge in [-0.25, -0.2) is 8.42 Å². The van der Waals surface area contributed by atoms with Crippen molar-refractivity contribution in [2.24, 2.45) is 5.41 Å². The van der Waals surface area contributed by atoms with Crippen LogP contribution >= 0.6 is 0 Å². The second kappa shape index (κ2) is 4.62. The lowest BCUT2D eigenvalue weighted by molar-refractivity contribution is 0.242. The fourth-order valence-electron chi connectivity index (χ4n) is 2.82. The van der Waals surface area contributed by atoms with Gasteiger partial charge in [0.15, 0.2) is 9.84 Å². The van der Waals surface area contributed by atoms with Gasteiger partial charge in [0.25, 0.3) is 0 Å². The largest absolute Gasteiger partial charge is 0.395 e. The maximum absolute atomic E-state index is 11.8. The average Bonchev–Trinajstić information content (AvgIpc) is 3.09. The number of hydrogen-bond acceptors (Lipinski definition) is 4. The maximum Gasteiger partial charge on any atom is 0.152 e. The molecule has 0 unspecified atom stereocenters. The molecule has 3 atom stereocenters. The first-order valence-corrected chi connectivity index (χ1v) is 8.16. The van der Waals surface area contributed by atoms with Gasteiger partial charge in [-0.05, 0) is 17.5 Å². The van der Waals surface area contributed by atoms with E-state index in [9.17, 15) is 18.8 Å². The smallest absolute Gasteiger partial charge is 0.152 e. The molecule has 0 heterocycles. The summed E-state index contributed by atoms with van der Waals surface area (Å²) in [5, 5.41) is 17.9. The summed E-state index contributed by atoms with van der Waals surface area (Å²) >= 11 is 0. The molecule has 1 aliphatic rings. The molecule has 1 N–H and O–H groups in total. The Kier molecular flexibility index (Phi) is 3.41. The molecule has 0 amide bonds. The van der Waals surface area contributed by atoms with E-state index in [-0.39, 0.29) is 0 Å². The van der Waals surface area contributed by atoms with E-state index in [1.165, 1.54) is 0 Å². The van der Waals surface area contributed by atoms with E-state index in [0.717, 1.165) is 23.8 Å². The summed E-state index contributed by atoms with van der Waals surface area (Å²) < 4.78 is 23.5. The molecule has 0 radical (unpaired) electrons. The third-order valence-electron chi connectivity index (χ3n) is 3.93. The molecule has 5 heteroatoms. The Morgan fingerprint density at radius 2 is 1.95 bits per heavy atom. The molecule has 1 aromatic rings. The van der Waals surface area contributed by atoms with Gasteiger partial charge in [0.1, 0.15) is 5.41 Å². The van der Waals surface area contributed by atoms with Crippen LogP contribution in [0, 0.1) is 16.7 Å². The number of hydrogen-bond donors (Lipinski definition) is 1. The minimum atomic E-state index is -3.36. The van der Waals surface area contributed by atoms with Crippen LogP contribution in [-0.2, 0) is 16.3 Å². The normalized spacial score (nSPS) is 29.8. The number of benzene rings is 1. The number of sulfone groups is 1. The molecule has 1 aromatic carbocycles. The number of nitriles is 1. The Bertz CT molecular complexity index is 615. The van der Waals surface area contributed by atoms with Gasteiger partial charge in [0.05, 0.1) is 17.9 Å². The summed E-state index contributed by atoms with van der Waals surface area (Å²) in [4.78, 5) is 0. The van der Waals surface area contributed by atoms with Gasteiger partial charge in [-0.2, -0.15) is 5.26 Å². The third-order valence-corrected chi connectivity index (χ3v) is 5.55. The fraction of sp³-hybridized carbons (Fsp3) is 0.500. The van der Waals surface area contributed by atoms with Crippen molar-refractivity contribution < 1.29 is 13.5 Å². The lowest BCUT2D eigenvalue weighted by Gasteiger charge is -2.04. The number of rotatable bonds is 4. The van der Waals surface area contributed by atoms with Crippen molar-refractivity contribution in [3.05, 3.63) is 35.4 Å². The van der Waals surface area contributed by atoms with Gasteiger partial charge in [0, 0.05) is 12.2 Å². The Morgan fingerprint density at radius 3 is 2.26 bits per heavy atom. The first kappa shape index (κ1) is 14.0. The van der Waals surface area contributed by atoms with Gasteiger partial charge < -0.3 is 5.11 Å². The molecular formula is C14H17NO3S. The van der Waals surface area contributed by atoms with E-state index < -0.39 is 33.0 Å². The fourth-order valence-corrected chi connectivity index (χ4v) is 4.68. The zero-order valence-corrected chi connectivity index (χ0v) is 11.8. The topological polar surface area (TPSA) is 78.2 Å². The SMILES string of the molecule is CCc1ccc([C@H]2[C@H](S(C)(=O)=O)[C@@]2(C#N)CO)cc1. The maximum atomic E-state index is 11.8. The number of aliphatic hydroxyl groups excluding tert-OH is 1. The van der Waals surface area contributed by atoms with Crippen molar-refractivity contribution >= 4 is 9.84 Å². The van der Waals surface area contributed by atoms with Gasteiger partial charge in [-0.1, -0.05) is 31.2 Å². The quantitative estimate of drug-likeness (QED) is 0.900. The first-order valence-electron chi connectivity index (χ1n) is 6.20. The van der Waals surface area contributed by atoms with Crippen molar-refractivity contribution in [2.45, 2.75) is 24.5 Å². The van der Waals surface area contributed by atoms with Crippen LogP contribution in [0.2, 0.25) is 0 Å². The zero-order chi connectivity index (χ0) is 14.3. The van der Waals surface area contributed by atoms with Crippen LogP contribution in [0.25, 0.3) is 0 Å².